The molecule has 2 atom stereocenters. The van der Waals surface area contributed by atoms with Gasteiger partial charge in [0.15, 0.2) is 46.5 Å². The molecule has 2 N–H and O–H groups in total. The van der Waals surface area contributed by atoms with Crippen LogP contribution in [0, 0.1) is 58.2 Å². The summed E-state index contributed by atoms with van der Waals surface area (Å²) < 4.78 is 136. The van der Waals surface area contributed by atoms with Crippen molar-refractivity contribution in [2.45, 2.75) is 25.0 Å². The van der Waals surface area contributed by atoms with Gasteiger partial charge in [-0.05, 0) is 13.8 Å². The van der Waals surface area contributed by atoms with Gasteiger partial charge in [-0.25, -0.2) is 43.9 Å². The molecule has 0 bridgehead atoms. The van der Waals surface area contributed by atoms with Crippen molar-refractivity contribution in [3.8, 4) is 0 Å². The molecule has 0 saturated carbocycles. The van der Waals surface area contributed by atoms with Gasteiger partial charge in [-0.1, -0.05) is 0 Å². The Morgan fingerprint density at radius 1 is 0.393 bits per heavy atom. The molecule has 0 spiro atoms. The molecule has 0 saturated heterocycles. The highest BCUT2D eigenvalue weighted by atomic mass is 19.2. The molecule has 0 heterocycles. The molecule has 2 aromatic rings. The quantitative estimate of drug-likeness (QED) is 0.443. The van der Waals surface area contributed by atoms with Gasteiger partial charge in [-0.15, -0.1) is 0 Å². The molecule has 154 valence electrons. The summed E-state index contributed by atoms with van der Waals surface area (Å²) >= 11 is 0. The van der Waals surface area contributed by atoms with Crippen LogP contribution in [-0.4, -0.2) is 10.2 Å². The van der Waals surface area contributed by atoms with Crippen LogP contribution in [0.3, 0.4) is 0 Å². The fraction of sp³-hybridized carbons (Fsp3) is 0.250. The molecule has 2 unspecified atom stereocenters. The van der Waals surface area contributed by atoms with Crippen LogP contribution >= 0.6 is 0 Å². The van der Waals surface area contributed by atoms with E-state index in [1.807, 2.05) is 0 Å². The Labute approximate surface area is 149 Å². The Kier molecular flexibility index (Phi) is 5.19. The molecular formula is C16H8F10O2. The molecule has 0 fully saturated rings. The van der Waals surface area contributed by atoms with Crippen LogP contribution in [0.15, 0.2) is 0 Å². The van der Waals surface area contributed by atoms with E-state index < -0.39 is 80.5 Å². The zero-order chi connectivity index (χ0) is 21.9. The Morgan fingerprint density at radius 3 is 0.714 bits per heavy atom. The van der Waals surface area contributed by atoms with Crippen LogP contribution in [0.4, 0.5) is 43.9 Å². The van der Waals surface area contributed by atoms with Crippen molar-refractivity contribution in [1.29, 1.82) is 0 Å². The monoisotopic (exact) mass is 422 g/mol. The van der Waals surface area contributed by atoms with E-state index in [0.717, 1.165) is 0 Å². The van der Waals surface area contributed by atoms with E-state index in [-0.39, 0.29) is 13.8 Å². The largest absolute Gasteiger partial charge is 0.382 e. The van der Waals surface area contributed by atoms with Gasteiger partial charge in [0.2, 0.25) is 11.6 Å². The summed E-state index contributed by atoms with van der Waals surface area (Å²) in [7, 11) is 0. The summed E-state index contributed by atoms with van der Waals surface area (Å²) in [6, 6.07) is 0. The SMILES string of the molecule is CC(O)(c1c(F)c(F)c(F)c(F)c1F)C(C)(O)c1c(F)c(F)c(F)c(F)c1F. The van der Waals surface area contributed by atoms with Gasteiger partial charge in [-0.2, -0.15) is 0 Å². The van der Waals surface area contributed by atoms with E-state index in [0.29, 0.717) is 0 Å². The first-order valence-electron chi connectivity index (χ1n) is 7.09. The number of aliphatic hydroxyl groups is 2. The predicted octanol–water partition coefficient (Wildman–Crippen LogP) is 4.19. The van der Waals surface area contributed by atoms with Gasteiger partial charge in [-0.3, -0.25) is 0 Å². The van der Waals surface area contributed by atoms with E-state index in [2.05, 4.69) is 0 Å². The molecule has 0 amide bonds. The number of hydrogen-bond acceptors (Lipinski definition) is 2. The van der Waals surface area contributed by atoms with Crippen LogP contribution < -0.4 is 0 Å². The van der Waals surface area contributed by atoms with Gasteiger partial charge in [0.05, 0.1) is 11.1 Å². The second-order valence-electron chi connectivity index (χ2n) is 6.03. The standard InChI is InChI=1S/C16H8F10O2/c1-15(27,3-5(17)9(21)13(25)10(22)6(3)18)16(2,28)4-7(19)11(23)14(26)12(24)8(4)20/h27-28H,1-2H3. The molecule has 2 rings (SSSR count). The first kappa shape index (κ1) is 22.0. The van der Waals surface area contributed by atoms with E-state index in [4.69, 9.17) is 0 Å². The lowest BCUT2D eigenvalue weighted by molar-refractivity contribution is -0.150. The van der Waals surface area contributed by atoms with E-state index in [9.17, 15) is 54.1 Å². The minimum atomic E-state index is -3.77. The van der Waals surface area contributed by atoms with E-state index >= 15 is 0 Å². The number of rotatable bonds is 3. The molecule has 2 aromatic carbocycles. The van der Waals surface area contributed by atoms with Crippen molar-refractivity contribution in [2.75, 3.05) is 0 Å². The van der Waals surface area contributed by atoms with Gasteiger partial charge in [0.25, 0.3) is 0 Å². The van der Waals surface area contributed by atoms with Crippen LogP contribution in [0.25, 0.3) is 0 Å². The summed E-state index contributed by atoms with van der Waals surface area (Å²) in [5.41, 5.74) is -11.8. The Balaban J connectivity index is 2.92. The summed E-state index contributed by atoms with van der Waals surface area (Å²) in [5.74, 6) is -26.4. The second kappa shape index (κ2) is 6.62. The van der Waals surface area contributed by atoms with Crippen LogP contribution in [0.5, 0.6) is 0 Å². The molecular weight excluding hydrogens is 414 g/mol. The lowest BCUT2D eigenvalue weighted by atomic mass is 9.74. The lowest BCUT2D eigenvalue weighted by Gasteiger charge is -2.39. The van der Waals surface area contributed by atoms with Gasteiger partial charge >= 0.3 is 0 Å². The zero-order valence-electron chi connectivity index (χ0n) is 13.7. The highest BCUT2D eigenvalue weighted by Gasteiger charge is 2.53. The number of hydrogen-bond donors (Lipinski definition) is 2. The zero-order valence-corrected chi connectivity index (χ0v) is 13.7. The predicted molar refractivity (Wildman–Crippen MR) is 71.6 cm³/mol. The molecule has 0 radical (unpaired) electrons. The summed E-state index contributed by atoms with van der Waals surface area (Å²) in [4.78, 5) is 0. The number of halogens is 10. The third kappa shape index (κ3) is 2.73. The maximum absolute atomic E-state index is 14.0. The fourth-order valence-corrected chi connectivity index (χ4v) is 2.55. The normalized spacial score (nSPS) is 16.1. The van der Waals surface area contributed by atoms with Crippen molar-refractivity contribution in [1.82, 2.24) is 0 Å². The highest BCUT2D eigenvalue weighted by Crippen LogP contribution is 2.46. The number of benzene rings is 2. The minimum absolute atomic E-state index is 0.156. The summed E-state index contributed by atoms with van der Waals surface area (Å²) in [5, 5.41) is 20.6. The van der Waals surface area contributed by atoms with Crippen LogP contribution in [0.1, 0.15) is 25.0 Å². The fourth-order valence-electron chi connectivity index (χ4n) is 2.55. The molecule has 0 aliphatic rings. The van der Waals surface area contributed by atoms with Crippen molar-refractivity contribution >= 4 is 0 Å². The maximum atomic E-state index is 14.0. The molecule has 0 aliphatic carbocycles. The third-order valence-corrected chi connectivity index (χ3v) is 4.34. The Morgan fingerprint density at radius 2 is 0.536 bits per heavy atom. The summed E-state index contributed by atoms with van der Waals surface area (Å²) in [6.07, 6.45) is 0. The van der Waals surface area contributed by atoms with Crippen molar-refractivity contribution in [3.63, 3.8) is 0 Å². The van der Waals surface area contributed by atoms with Gasteiger partial charge in [0.1, 0.15) is 11.2 Å². The molecule has 12 heteroatoms. The smallest absolute Gasteiger partial charge is 0.200 e. The average molecular weight is 422 g/mol. The van der Waals surface area contributed by atoms with Crippen LogP contribution in [-0.2, 0) is 11.2 Å². The van der Waals surface area contributed by atoms with E-state index in [1.54, 1.807) is 0 Å². The maximum Gasteiger partial charge on any atom is 0.200 e. The summed E-state index contributed by atoms with van der Waals surface area (Å²) in [6.45, 7) is 0.312. The van der Waals surface area contributed by atoms with Gasteiger partial charge < -0.3 is 10.2 Å². The first-order chi connectivity index (χ1) is 12.6. The van der Waals surface area contributed by atoms with E-state index in [1.165, 1.54) is 0 Å². The minimum Gasteiger partial charge on any atom is -0.382 e. The lowest BCUT2D eigenvalue weighted by Crippen LogP contribution is -2.48. The molecule has 2 nitrogen and oxygen atoms in total. The van der Waals surface area contributed by atoms with Crippen molar-refractivity contribution in [3.05, 3.63) is 69.3 Å². The highest BCUT2D eigenvalue weighted by molar-refractivity contribution is 5.38. The Hall–Kier alpha value is -2.34. The molecule has 28 heavy (non-hydrogen) atoms. The second-order valence-corrected chi connectivity index (χ2v) is 6.03. The van der Waals surface area contributed by atoms with Crippen LogP contribution in [0.2, 0.25) is 0 Å². The van der Waals surface area contributed by atoms with Crippen molar-refractivity contribution in [2.24, 2.45) is 0 Å². The first-order valence-corrected chi connectivity index (χ1v) is 7.09. The average Bonchev–Trinajstić information content (AvgIpc) is 2.61. The third-order valence-electron chi connectivity index (χ3n) is 4.34. The molecule has 0 aromatic heterocycles. The van der Waals surface area contributed by atoms with Crippen molar-refractivity contribution < 1.29 is 54.1 Å². The topological polar surface area (TPSA) is 40.5 Å². The Bertz CT molecular complexity index is 847. The molecule has 0 aliphatic heterocycles. The van der Waals surface area contributed by atoms with Gasteiger partial charge in [0, 0.05) is 0 Å².